The van der Waals surface area contributed by atoms with Gasteiger partial charge in [0.2, 0.25) is 5.91 Å². The average molecular weight is 510 g/mol. The summed E-state index contributed by atoms with van der Waals surface area (Å²) in [4.78, 5) is 37.2. The van der Waals surface area contributed by atoms with Crippen molar-refractivity contribution in [1.82, 2.24) is 9.97 Å². The number of hydrogen-bond donors (Lipinski definition) is 1. The number of fused-ring (bicyclic) bond motifs is 3. The first-order valence-corrected chi connectivity index (χ1v) is 13.7. The second-order valence-corrected chi connectivity index (χ2v) is 10.9. The highest BCUT2D eigenvalue weighted by molar-refractivity contribution is 8.00. The van der Waals surface area contributed by atoms with Crippen LogP contribution in [0.15, 0.2) is 40.7 Å². The zero-order chi connectivity index (χ0) is 23.7. The lowest BCUT2D eigenvalue weighted by molar-refractivity contribution is -0.113. The molecule has 0 spiro atoms. The number of benzene rings is 1. The van der Waals surface area contributed by atoms with Crippen molar-refractivity contribution in [2.24, 2.45) is 0 Å². The van der Waals surface area contributed by atoms with Gasteiger partial charge in [-0.1, -0.05) is 42.1 Å². The van der Waals surface area contributed by atoms with Crippen LogP contribution < -0.4 is 5.32 Å². The Kier molecular flexibility index (Phi) is 6.67. The highest BCUT2D eigenvalue weighted by Gasteiger charge is 2.24. The van der Waals surface area contributed by atoms with E-state index in [0.717, 1.165) is 39.2 Å². The van der Waals surface area contributed by atoms with Crippen LogP contribution in [0, 0.1) is 6.92 Å². The number of nitrogens with one attached hydrogen (secondary N) is 1. The third kappa shape index (κ3) is 4.47. The summed E-state index contributed by atoms with van der Waals surface area (Å²) in [6.45, 7) is 1.89. The van der Waals surface area contributed by atoms with Crippen LogP contribution in [0.1, 0.15) is 39.5 Å². The molecule has 0 radical (unpaired) electrons. The van der Waals surface area contributed by atoms with E-state index in [0.29, 0.717) is 16.4 Å². The number of thiophene rings is 2. The molecule has 1 N–H and O–H groups in total. The lowest BCUT2D eigenvalue weighted by Gasteiger charge is -2.12. The fraction of sp³-hybridized carbons (Fsp3) is 0.280. The molecule has 0 aliphatic heterocycles. The van der Waals surface area contributed by atoms with Gasteiger partial charge in [0.05, 0.1) is 12.9 Å². The third-order valence-corrected chi connectivity index (χ3v) is 8.81. The van der Waals surface area contributed by atoms with Gasteiger partial charge in [0.1, 0.15) is 26.2 Å². The van der Waals surface area contributed by atoms with Crippen molar-refractivity contribution < 1.29 is 14.3 Å². The predicted octanol–water partition coefficient (Wildman–Crippen LogP) is 6.12. The van der Waals surface area contributed by atoms with Crippen molar-refractivity contribution in [3.05, 3.63) is 57.5 Å². The Morgan fingerprint density at radius 1 is 1.15 bits per heavy atom. The van der Waals surface area contributed by atoms with Gasteiger partial charge in [0, 0.05) is 21.2 Å². The van der Waals surface area contributed by atoms with E-state index in [1.165, 1.54) is 53.5 Å². The number of aryl methyl sites for hydroxylation is 3. The number of carbonyl (C=O) groups is 2. The summed E-state index contributed by atoms with van der Waals surface area (Å²) in [5.74, 6) is 0.244. The fourth-order valence-corrected chi connectivity index (χ4v) is 7.46. The molecule has 0 saturated heterocycles. The maximum Gasteiger partial charge on any atom is 0.341 e. The summed E-state index contributed by atoms with van der Waals surface area (Å²) in [7, 11) is 1.35. The van der Waals surface area contributed by atoms with Crippen molar-refractivity contribution in [3.63, 3.8) is 0 Å². The Morgan fingerprint density at radius 2 is 1.94 bits per heavy atom. The fourth-order valence-electron chi connectivity index (χ4n) is 4.21. The number of thioether (sulfide) groups is 1. The molecule has 0 unspecified atom stereocenters. The van der Waals surface area contributed by atoms with E-state index in [-0.39, 0.29) is 11.7 Å². The number of esters is 1. The average Bonchev–Trinajstić information content (AvgIpc) is 3.43. The largest absolute Gasteiger partial charge is 0.465 e. The minimum absolute atomic E-state index is 0.190. The maximum atomic E-state index is 12.9. The van der Waals surface area contributed by atoms with Crippen LogP contribution in [0.3, 0.4) is 0 Å². The number of methoxy groups -OCH3 is 1. The second kappa shape index (κ2) is 9.85. The molecule has 1 amide bonds. The first kappa shape index (κ1) is 23.0. The van der Waals surface area contributed by atoms with Crippen LogP contribution >= 0.6 is 34.4 Å². The molecule has 174 valence electrons. The molecule has 34 heavy (non-hydrogen) atoms. The van der Waals surface area contributed by atoms with E-state index in [1.54, 1.807) is 11.3 Å². The highest BCUT2D eigenvalue weighted by Crippen LogP contribution is 2.40. The summed E-state index contributed by atoms with van der Waals surface area (Å²) in [6, 6.07) is 9.61. The summed E-state index contributed by atoms with van der Waals surface area (Å²) >= 11 is 4.51. The lowest BCUT2D eigenvalue weighted by atomic mass is 9.97. The first-order valence-electron chi connectivity index (χ1n) is 11.0. The van der Waals surface area contributed by atoms with Gasteiger partial charge in [-0.3, -0.25) is 4.79 Å². The van der Waals surface area contributed by atoms with Gasteiger partial charge < -0.3 is 10.1 Å². The molecule has 0 fully saturated rings. The van der Waals surface area contributed by atoms with Crippen LogP contribution in [-0.4, -0.2) is 34.7 Å². The van der Waals surface area contributed by atoms with Gasteiger partial charge in [-0.2, -0.15) is 0 Å². The summed E-state index contributed by atoms with van der Waals surface area (Å²) < 4.78 is 5.01. The van der Waals surface area contributed by atoms with Gasteiger partial charge in [-0.25, -0.2) is 14.8 Å². The van der Waals surface area contributed by atoms with Gasteiger partial charge >= 0.3 is 5.97 Å². The number of nitrogens with zero attached hydrogens (tertiary/aromatic N) is 2. The van der Waals surface area contributed by atoms with Crippen LogP contribution in [-0.2, 0) is 22.4 Å². The first-order chi connectivity index (χ1) is 16.5. The number of carbonyl (C=O) groups excluding carboxylic acids is 2. The van der Waals surface area contributed by atoms with Gasteiger partial charge in [0.15, 0.2) is 0 Å². The molecule has 1 aromatic carbocycles. The third-order valence-electron chi connectivity index (χ3n) is 5.75. The monoisotopic (exact) mass is 509 g/mol. The van der Waals surface area contributed by atoms with Crippen LogP contribution in [0.4, 0.5) is 5.00 Å². The van der Waals surface area contributed by atoms with Gasteiger partial charge in [-0.05, 0) is 43.7 Å². The molecule has 0 bridgehead atoms. The molecule has 3 heterocycles. The smallest absolute Gasteiger partial charge is 0.341 e. The van der Waals surface area contributed by atoms with Crippen LogP contribution in [0.25, 0.3) is 21.3 Å². The molecule has 5 rings (SSSR count). The molecule has 3 aromatic heterocycles. The topological polar surface area (TPSA) is 81.2 Å². The standard InChI is InChI=1S/C25H23N3O3S3/c1-14-26-22(20-16-10-6-7-11-18(16)34-24(20)27-14)33-13-19(29)28-23-21(25(30)31-2)17(12-32-23)15-8-4-3-5-9-15/h3-5,8-9,12H,6-7,10-11,13H2,1-2H3,(H,28,29). The molecule has 6 nitrogen and oxygen atoms in total. The van der Waals surface area contributed by atoms with Gasteiger partial charge in [-0.15, -0.1) is 22.7 Å². The molecular formula is C25H23N3O3S3. The Bertz CT molecular complexity index is 1380. The summed E-state index contributed by atoms with van der Waals surface area (Å²) in [6.07, 6.45) is 4.53. The predicted molar refractivity (Wildman–Crippen MR) is 139 cm³/mol. The van der Waals surface area contributed by atoms with E-state index in [9.17, 15) is 9.59 Å². The Hall–Kier alpha value is -2.75. The van der Waals surface area contributed by atoms with Gasteiger partial charge in [0.25, 0.3) is 0 Å². The molecule has 0 saturated carbocycles. The van der Waals surface area contributed by atoms with Crippen molar-refractivity contribution in [3.8, 4) is 11.1 Å². The quantitative estimate of drug-likeness (QED) is 0.191. The minimum atomic E-state index is -0.471. The molecule has 1 aliphatic rings. The number of anilines is 1. The van der Waals surface area contributed by atoms with E-state index < -0.39 is 5.97 Å². The minimum Gasteiger partial charge on any atom is -0.465 e. The molecule has 9 heteroatoms. The zero-order valence-corrected chi connectivity index (χ0v) is 21.3. The SMILES string of the molecule is COC(=O)c1c(-c2ccccc2)csc1NC(=O)CSc1nc(C)nc2sc3c(c12)CCCC3. The van der Waals surface area contributed by atoms with Crippen molar-refractivity contribution in [1.29, 1.82) is 0 Å². The van der Waals surface area contributed by atoms with Crippen molar-refractivity contribution in [2.75, 3.05) is 18.2 Å². The molecular weight excluding hydrogens is 486 g/mol. The number of aromatic nitrogens is 2. The second-order valence-electron chi connectivity index (χ2n) is 8.01. The summed E-state index contributed by atoms with van der Waals surface area (Å²) in [5, 5.41) is 7.26. The van der Waals surface area contributed by atoms with E-state index in [4.69, 9.17) is 4.74 Å². The number of ether oxygens (including phenoxy) is 1. The maximum absolute atomic E-state index is 12.9. The molecule has 1 aliphatic carbocycles. The van der Waals surface area contributed by atoms with Crippen LogP contribution in [0.2, 0.25) is 0 Å². The Morgan fingerprint density at radius 3 is 2.74 bits per heavy atom. The normalized spacial score (nSPS) is 13.0. The van der Waals surface area contributed by atoms with E-state index in [1.807, 2.05) is 42.6 Å². The number of amides is 1. The molecule has 4 aromatic rings. The highest BCUT2D eigenvalue weighted by atomic mass is 32.2. The van der Waals surface area contributed by atoms with E-state index in [2.05, 4.69) is 15.3 Å². The van der Waals surface area contributed by atoms with Crippen molar-refractivity contribution >= 4 is 61.5 Å². The number of rotatable bonds is 6. The van der Waals surface area contributed by atoms with E-state index >= 15 is 0 Å². The lowest BCUT2D eigenvalue weighted by Crippen LogP contribution is -2.16. The Labute approximate surface area is 209 Å². The zero-order valence-electron chi connectivity index (χ0n) is 18.8. The molecule has 0 atom stereocenters. The number of hydrogen-bond acceptors (Lipinski definition) is 8. The van der Waals surface area contributed by atoms with Crippen LogP contribution in [0.5, 0.6) is 0 Å². The summed E-state index contributed by atoms with van der Waals surface area (Å²) in [5.41, 5.74) is 3.38. The Balaban J connectivity index is 1.38. The van der Waals surface area contributed by atoms with Crippen molar-refractivity contribution in [2.45, 2.75) is 37.6 Å².